The Hall–Kier alpha value is -3.66. The molecule has 0 unspecified atom stereocenters. The van der Waals surface area contributed by atoms with Crippen molar-refractivity contribution in [3.8, 4) is 0 Å². The third-order valence-corrected chi connectivity index (χ3v) is 5.45. The first-order chi connectivity index (χ1) is 15.8. The Kier molecular flexibility index (Phi) is 8.20. The Morgan fingerprint density at radius 1 is 1.12 bits per heavy atom. The van der Waals surface area contributed by atoms with Crippen molar-refractivity contribution in [2.45, 2.75) is 32.9 Å². The lowest BCUT2D eigenvalue weighted by molar-refractivity contribution is -0.120. The number of rotatable bonds is 9. The molecular formula is C23H24FN5O3S. The molecule has 2 aromatic heterocycles. The third kappa shape index (κ3) is 7.18. The quantitative estimate of drug-likeness (QED) is 0.501. The minimum atomic E-state index is -0.439. The number of pyridine rings is 1. The van der Waals surface area contributed by atoms with Crippen LogP contribution in [0, 0.1) is 5.82 Å². The fourth-order valence-electron chi connectivity index (χ4n) is 2.94. The molecule has 0 aliphatic rings. The van der Waals surface area contributed by atoms with E-state index in [9.17, 15) is 18.8 Å². The molecule has 0 aliphatic carbocycles. The number of aromatic nitrogens is 2. The van der Waals surface area contributed by atoms with Gasteiger partial charge in [-0.1, -0.05) is 6.07 Å². The number of halogens is 1. The summed E-state index contributed by atoms with van der Waals surface area (Å²) in [4.78, 5) is 47.1. The zero-order chi connectivity index (χ0) is 23.8. The van der Waals surface area contributed by atoms with Gasteiger partial charge in [0.2, 0.25) is 11.8 Å². The van der Waals surface area contributed by atoms with Crippen molar-refractivity contribution in [3.05, 3.63) is 76.8 Å². The van der Waals surface area contributed by atoms with Crippen molar-refractivity contribution in [3.63, 3.8) is 0 Å². The molecule has 0 atom stereocenters. The average molecular weight is 470 g/mol. The zero-order valence-electron chi connectivity index (χ0n) is 18.2. The van der Waals surface area contributed by atoms with Gasteiger partial charge >= 0.3 is 0 Å². The van der Waals surface area contributed by atoms with Gasteiger partial charge in [0.05, 0.1) is 12.1 Å². The van der Waals surface area contributed by atoms with Crippen LogP contribution in [0.3, 0.4) is 0 Å². The van der Waals surface area contributed by atoms with Crippen LogP contribution in [0.1, 0.15) is 35.5 Å². The summed E-state index contributed by atoms with van der Waals surface area (Å²) in [5.41, 5.74) is 1.72. The minimum Gasteiger partial charge on any atom is -0.352 e. The number of anilines is 1. The Morgan fingerprint density at radius 2 is 1.88 bits per heavy atom. The molecule has 0 saturated heterocycles. The summed E-state index contributed by atoms with van der Waals surface area (Å²) >= 11 is 1.20. The standard InChI is InChI=1S/C23H24FN5O3S/c1-15(2)29(22(32)17-5-7-18(24)8-6-17)13-21(31)28-23-27-19(14-33-23)10-20(30)26-12-16-4-3-9-25-11-16/h3-9,11,14-15H,10,12-13H2,1-2H3,(H,26,30)(H,27,28,31). The second kappa shape index (κ2) is 11.3. The normalized spacial score (nSPS) is 10.7. The molecule has 10 heteroatoms. The molecular weight excluding hydrogens is 445 g/mol. The Bertz CT molecular complexity index is 1100. The molecule has 0 bridgehead atoms. The van der Waals surface area contributed by atoms with Gasteiger partial charge in [-0.25, -0.2) is 9.37 Å². The fraction of sp³-hybridized carbons (Fsp3) is 0.261. The van der Waals surface area contributed by atoms with E-state index in [1.54, 1.807) is 37.7 Å². The fourth-order valence-corrected chi connectivity index (χ4v) is 3.66. The van der Waals surface area contributed by atoms with E-state index < -0.39 is 11.7 Å². The third-order valence-electron chi connectivity index (χ3n) is 4.64. The number of hydrogen-bond donors (Lipinski definition) is 2. The van der Waals surface area contributed by atoms with Crippen LogP contribution >= 0.6 is 11.3 Å². The van der Waals surface area contributed by atoms with Crippen LogP contribution in [0.2, 0.25) is 0 Å². The van der Waals surface area contributed by atoms with Gasteiger partial charge in [-0.2, -0.15) is 0 Å². The molecule has 3 amide bonds. The smallest absolute Gasteiger partial charge is 0.254 e. The number of thiazole rings is 1. The van der Waals surface area contributed by atoms with Gasteiger partial charge in [-0.15, -0.1) is 11.3 Å². The van der Waals surface area contributed by atoms with Crippen molar-refractivity contribution >= 4 is 34.2 Å². The Balaban J connectivity index is 1.52. The molecule has 0 spiro atoms. The summed E-state index contributed by atoms with van der Waals surface area (Å²) in [6.07, 6.45) is 3.42. The van der Waals surface area contributed by atoms with Crippen molar-refractivity contribution in [2.24, 2.45) is 0 Å². The van der Waals surface area contributed by atoms with E-state index in [1.807, 2.05) is 6.07 Å². The van der Waals surface area contributed by atoms with E-state index in [0.29, 0.717) is 22.9 Å². The molecule has 172 valence electrons. The molecule has 3 rings (SSSR count). The number of carbonyl (C=O) groups excluding carboxylic acids is 3. The second-order valence-corrected chi connectivity index (χ2v) is 8.40. The SMILES string of the molecule is CC(C)N(CC(=O)Nc1nc(CC(=O)NCc2cccnc2)cs1)C(=O)c1ccc(F)cc1. The maximum atomic E-state index is 13.1. The van der Waals surface area contributed by atoms with Gasteiger partial charge < -0.3 is 15.5 Å². The molecule has 0 radical (unpaired) electrons. The lowest BCUT2D eigenvalue weighted by atomic mass is 10.1. The monoisotopic (exact) mass is 469 g/mol. The molecule has 3 aromatic rings. The topological polar surface area (TPSA) is 104 Å². The highest BCUT2D eigenvalue weighted by atomic mass is 32.1. The van der Waals surface area contributed by atoms with Crippen LogP contribution in [0.5, 0.6) is 0 Å². The van der Waals surface area contributed by atoms with Crippen LogP contribution < -0.4 is 10.6 Å². The van der Waals surface area contributed by atoms with Crippen LogP contribution in [-0.2, 0) is 22.6 Å². The number of nitrogens with zero attached hydrogens (tertiary/aromatic N) is 3. The first kappa shape index (κ1) is 24.0. The number of hydrogen-bond acceptors (Lipinski definition) is 6. The van der Waals surface area contributed by atoms with Crippen molar-refractivity contribution in [2.75, 3.05) is 11.9 Å². The van der Waals surface area contributed by atoms with Gasteiger partial charge in [-0.05, 0) is 49.7 Å². The van der Waals surface area contributed by atoms with E-state index in [0.717, 1.165) is 5.56 Å². The van der Waals surface area contributed by atoms with E-state index in [2.05, 4.69) is 20.6 Å². The summed E-state index contributed by atoms with van der Waals surface area (Å²) in [7, 11) is 0. The summed E-state index contributed by atoms with van der Waals surface area (Å²) in [6, 6.07) is 8.60. The predicted molar refractivity (Wildman–Crippen MR) is 123 cm³/mol. The van der Waals surface area contributed by atoms with E-state index in [4.69, 9.17) is 0 Å². The largest absolute Gasteiger partial charge is 0.352 e. The maximum absolute atomic E-state index is 13.1. The first-order valence-corrected chi connectivity index (χ1v) is 11.2. The highest BCUT2D eigenvalue weighted by Gasteiger charge is 2.22. The second-order valence-electron chi connectivity index (χ2n) is 7.54. The summed E-state index contributed by atoms with van der Waals surface area (Å²) < 4.78 is 13.1. The molecule has 0 fully saturated rings. The predicted octanol–water partition coefficient (Wildman–Crippen LogP) is 3.03. The van der Waals surface area contributed by atoms with E-state index >= 15 is 0 Å². The summed E-state index contributed by atoms with van der Waals surface area (Å²) in [5, 5.41) is 7.51. The van der Waals surface area contributed by atoms with Crippen LogP contribution in [-0.4, -0.2) is 45.2 Å². The molecule has 8 nitrogen and oxygen atoms in total. The number of carbonyl (C=O) groups is 3. The molecule has 2 N–H and O–H groups in total. The lowest BCUT2D eigenvalue weighted by Crippen LogP contribution is -2.42. The van der Waals surface area contributed by atoms with Crippen molar-refractivity contribution in [1.82, 2.24) is 20.2 Å². The van der Waals surface area contributed by atoms with Gasteiger partial charge in [0.15, 0.2) is 5.13 Å². The maximum Gasteiger partial charge on any atom is 0.254 e. The Labute approximate surface area is 194 Å². The zero-order valence-corrected chi connectivity index (χ0v) is 19.1. The molecule has 1 aromatic carbocycles. The highest BCUT2D eigenvalue weighted by Crippen LogP contribution is 2.17. The number of benzene rings is 1. The number of nitrogens with one attached hydrogen (secondary N) is 2. The van der Waals surface area contributed by atoms with Crippen LogP contribution in [0.15, 0.2) is 54.2 Å². The van der Waals surface area contributed by atoms with Crippen LogP contribution in [0.25, 0.3) is 0 Å². The molecule has 2 heterocycles. The first-order valence-electron chi connectivity index (χ1n) is 10.3. The van der Waals surface area contributed by atoms with Crippen LogP contribution in [0.4, 0.5) is 9.52 Å². The average Bonchev–Trinajstić information content (AvgIpc) is 3.23. The Morgan fingerprint density at radius 3 is 2.55 bits per heavy atom. The highest BCUT2D eigenvalue weighted by molar-refractivity contribution is 7.13. The van der Waals surface area contributed by atoms with E-state index in [1.165, 1.54) is 40.5 Å². The summed E-state index contributed by atoms with van der Waals surface area (Å²) in [5.74, 6) is -1.42. The lowest BCUT2D eigenvalue weighted by Gasteiger charge is -2.26. The van der Waals surface area contributed by atoms with Gasteiger partial charge in [0, 0.05) is 35.9 Å². The molecule has 0 saturated carbocycles. The minimum absolute atomic E-state index is 0.0772. The molecule has 33 heavy (non-hydrogen) atoms. The van der Waals surface area contributed by atoms with Crippen molar-refractivity contribution < 1.29 is 18.8 Å². The van der Waals surface area contributed by atoms with Crippen molar-refractivity contribution in [1.29, 1.82) is 0 Å². The number of amides is 3. The molecule has 0 aliphatic heterocycles. The van der Waals surface area contributed by atoms with Gasteiger partial charge in [0.25, 0.3) is 5.91 Å². The van der Waals surface area contributed by atoms with Gasteiger partial charge in [-0.3, -0.25) is 19.4 Å². The van der Waals surface area contributed by atoms with E-state index in [-0.39, 0.29) is 30.8 Å². The van der Waals surface area contributed by atoms with Gasteiger partial charge in [0.1, 0.15) is 12.4 Å². The summed E-state index contributed by atoms with van der Waals surface area (Å²) in [6.45, 7) is 3.77.